The normalized spacial score (nSPS) is 10.8. The third-order valence-electron chi connectivity index (χ3n) is 3.00. The summed E-state index contributed by atoms with van der Waals surface area (Å²) in [4.78, 5) is 0. The molecule has 3 aromatic rings. The maximum absolute atomic E-state index is 4.29. The van der Waals surface area contributed by atoms with Crippen LogP contribution in [0.15, 0.2) is 42.6 Å². The van der Waals surface area contributed by atoms with Crippen LogP contribution in [0.3, 0.4) is 0 Å². The second-order valence-corrected chi connectivity index (χ2v) is 4.25. The summed E-state index contributed by atoms with van der Waals surface area (Å²) in [6.45, 7) is 2.05. The van der Waals surface area contributed by atoms with E-state index in [1.165, 1.54) is 5.56 Å². The van der Waals surface area contributed by atoms with Gasteiger partial charge in [0.25, 0.3) is 0 Å². The Morgan fingerprint density at radius 3 is 2.78 bits per heavy atom. The fourth-order valence-corrected chi connectivity index (χ4v) is 2.07. The highest BCUT2D eigenvalue weighted by Gasteiger charge is 2.10. The minimum absolute atomic E-state index is 0.856. The number of rotatable bonds is 2. The van der Waals surface area contributed by atoms with Crippen LogP contribution in [0.5, 0.6) is 0 Å². The van der Waals surface area contributed by atoms with Gasteiger partial charge in [0, 0.05) is 24.5 Å². The third-order valence-corrected chi connectivity index (χ3v) is 3.00. The summed E-state index contributed by atoms with van der Waals surface area (Å²) in [5.74, 6) is 0.856. The summed E-state index contributed by atoms with van der Waals surface area (Å²) in [6.07, 6.45) is 2.01. The minimum atomic E-state index is 0.856. The van der Waals surface area contributed by atoms with Crippen molar-refractivity contribution in [2.24, 2.45) is 0 Å². The Balaban J connectivity index is 2.26. The molecular weight excluding hydrogens is 224 g/mol. The van der Waals surface area contributed by atoms with Crippen molar-refractivity contribution < 1.29 is 0 Å². The summed E-state index contributed by atoms with van der Waals surface area (Å²) in [7, 11) is 1.91. The number of aryl methyl sites for hydroxylation is 1. The first kappa shape index (κ1) is 10.8. The SMILES string of the molecule is CNc1ccccc1-c1nnc2cc(C)ccn12. The van der Waals surface area contributed by atoms with Crippen molar-refractivity contribution in [2.75, 3.05) is 12.4 Å². The highest BCUT2D eigenvalue weighted by Crippen LogP contribution is 2.26. The molecule has 0 atom stereocenters. The van der Waals surface area contributed by atoms with Crippen LogP contribution in [0.25, 0.3) is 17.0 Å². The van der Waals surface area contributed by atoms with Gasteiger partial charge in [-0.2, -0.15) is 0 Å². The van der Waals surface area contributed by atoms with Gasteiger partial charge in [0.05, 0.1) is 0 Å². The quantitative estimate of drug-likeness (QED) is 0.746. The molecule has 18 heavy (non-hydrogen) atoms. The summed E-state index contributed by atoms with van der Waals surface area (Å²) < 4.78 is 2.00. The fourth-order valence-electron chi connectivity index (χ4n) is 2.07. The average molecular weight is 238 g/mol. The number of nitrogens with zero attached hydrogens (tertiary/aromatic N) is 3. The van der Waals surface area contributed by atoms with Crippen molar-refractivity contribution in [1.29, 1.82) is 0 Å². The molecule has 90 valence electrons. The molecule has 0 spiro atoms. The predicted molar refractivity (Wildman–Crippen MR) is 72.7 cm³/mol. The zero-order valence-corrected chi connectivity index (χ0v) is 10.4. The van der Waals surface area contributed by atoms with E-state index in [1.807, 2.05) is 48.0 Å². The van der Waals surface area contributed by atoms with Gasteiger partial charge >= 0.3 is 0 Å². The zero-order chi connectivity index (χ0) is 12.5. The van der Waals surface area contributed by atoms with Crippen LogP contribution in [0.4, 0.5) is 5.69 Å². The van der Waals surface area contributed by atoms with E-state index in [9.17, 15) is 0 Å². The van der Waals surface area contributed by atoms with E-state index in [2.05, 4.69) is 28.5 Å². The van der Waals surface area contributed by atoms with Gasteiger partial charge in [0.1, 0.15) is 0 Å². The van der Waals surface area contributed by atoms with Crippen molar-refractivity contribution in [3.05, 3.63) is 48.2 Å². The highest BCUT2D eigenvalue weighted by atomic mass is 15.2. The van der Waals surface area contributed by atoms with E-state index < -0.39 is 0 Å². The number of anilines is 1. The lowest BCUT2D eigenvalue weighted by Gasteiger charge is -2.07. The van der Waals surface area contributed by atoms with E-state index in [4.69, 9.17) is 0 Å². The molecule has 0 saturated heterocycles. The number of benzene rings is 1. The predicted octanol–water partition coefficient (Wildman–Crippen LogP) is 2.75. The summed E-state index contributed by atoms with van der Waals surface area (Å²) in [5.41, 5.74) is 4.16. The van der Waals surface area contributed by atoms with Gasteiger partial charge < -0.3 is 5.32 Å². The van der Waals surface area contributed by atoms with Crippen LogP contribution in [0, 0.1) is 6.92 Å². The Hall–Kier alpha value is -2.36. The van der Waals surface area contributed by atoms with E-state index in [0.717, 1.165) is 22.7 Å². The molecule has 2 heterocycles. The number of nitrogens with one attached hydrogen (secondary N) is 1. The molecule has 1 N–H and O–H groups in total. The lowest BCUT2D eigenvalue weighted by Crippen LogP contribution is -1.95. The molecular formula is C14H14N4. The number of aromatic nitrogens is 3. The first-order chi connectivity index (χ1) is 8.79. The molecule has 4 heteroatoms. The van der Waals surface area contributed by atoms with E-state index in [1.54, 1.807) is 0 Å². The zero-order valence-electron chi connectivity index (χ0n) is 10.4. The number of para-hydroxylation sites is 1. The molecule has 0 unspecified atom stereocenters. The van der Waals surface area contributed by atoms with Gasteiger partial charge in [0.2, 0.25) is 0 Å². The van der Waals surface area contributed by atoms with Crippen LogP contribution < -0.4 is 5.32 Å². The molecule has 1 aromatic carbocycles. The topological polar surface area (TPSA) is 42.2 Å². The molecule has 4 nitrogen and oxygen atoms in total. The van der Waals surface area contributed by atoms with Gasteiger partial charge in [-0.3, -0.25) is 4.40 Å². The molecule has 2 aromatic heterocycles. The lowest BCUT2D eigenvalue weighted by atomic mass is 10.1. The molecule has 0 amide bonds. The number of hydrogen-bond acceptors (Lipinski definition) is 3. The van der Waals surface area contributed by atoms with E-state index >= 15 is 0 Å². The Morgan fingerprint density at radius 1 is 1.11 bits per heavy atom. The van der Waals surface area contributed by atoms with Crippen molar-refractivity contribution >= 4 is 11.3 Å². The van der Waals surface area contributed by atoms with Gasteiger partial charge in [-0.15, -0.1) is 10.2 Å². The van der Waals surface area contributed by atoms with E-state index in [-0.39, 0.29) is 0 Å². The second-order valence-electron chi connectivity index (χ2n) is 4.25. The van der Waals surface area contributed by atoms with Crippen molar-refractivity contribution in [3.8, 4) is 11.4 Å². The van der Waals surface area contributed by atoms with Crippen molar-refractivity contribution in [1.82, 2.24) is 14.6 Å². The van der Waals surface area contributed by atoms with Gasteiger partial charge in [-0.1, -0.05) is 12.1 Å². The maximum atomic E-state index is 4.29. The molecule has 0 radical (unpaired) electrons. The standard InChI is InChI=1S/C14H14N4/c1-10-7-8-18-13(9-10)16-17-14(18)11-5-3-4-6-12(11)15-2/h3-9,15H,1-2H3. The monoisotopic (exact) mass is 238 g/mol. The molecule has 0 fully saturated rings. The summed E-state index contributed by atoms with van der Waals surface area (Å²) in [6, 6.07) is 12.2. The highest BCUT2D eigenvalue weighted by molar-refractivity contribution is 5.74. The third kappa shape index (κ3) is 1.62. The van der Waals surface area contributed by atoms with Crippen LogP contribution in [-0.4, -0.2) is 21.6 Å². The second kappa shape index (κ2) is 4.14. The number of pyridine rings is 1. The Kier molecular flexibility index (Phi) is 2.48. The Bertz CT molecular complexity index is 700. The van der Waals surface area contributed by atoms with Crippen molar-refractivity contribution in [2.45, 2.75) is 6.92 Å². The van der Waals surface area contributed by atoms with E-state index in [0.29, 0.717) is 0 Å². The lowest BCUT2D eigenvalue weighted by molar-refractivity contribution is 1.11. The van der Waals surface area contributed by atoms with Gasteiger partial charge in [-0.05, 0) is 36.8 Å². The van der Waals surface area contributed by atoms with Crippen LogP contribution in [0.1, 0.15) is 5.56 Å². The minimum Gasteiger partial charge on any atom is -0.388 e. The molecule has 3 rings (SSSR count). The maximum Gasteiger partial charge on any atom is 0.170 e. The van der Waals surface area contributed by atoms with Crippen LogP contribution in [0.2, 0.25) is 0 Å². The van der Waals surface area contributed by atoms with Crippen LogP contribution in [-0.2, 0) is 0 Å². The van der Waals surface area contributed by atoms with Crippen molar-refractivity contribution in [3.63, 3.8) is 0 Å². The van der Waals surface area contributed by atoms with Crippen LogP contribution >= 0.6 is 0 Å². The average Bonchev–Trinajstić information content (AvgIpc) is 2.81. The summed E-state index contributed by atoms with van der Waals surface area (Å²) >= 11 is 0. The van der Waals surface area contributed by atoms with Gasteiger partial charge in [-0.25, -0.2) is 0 Å². The Morgan fingerprint density at radius 2 is 1.94 bits per heavy atom. The molecule has 0 saturated carbocycles. The largest absolute Gasteiger partial charge is 0.388 e. The first-order valence-corrected chi connectivity index (χ1v) is 5.88. The molecule has 0 aliphatic heterocycles. The molecule has 0 aliphatic rings. The molecule has 0 bridgehead atoms. The number of fused-ring (bicyclic) bond motifs is 1. The fraction of sp³-hybridized carbons (Fsp3) is 0.143. The van der Waals surface area contributed by atoms with Gasteiger partial charge in [0.15, 0.2) is 11.5 Å². The summed E-state index contributed by atoms with van der Waals surface area (Å²) in [5, 5.41) is 11.7. The number of hydrogen-bond donors (Lipinski definition) is 1. The molecule has 0 aliphatic carbocycles. The Labute approximate surface area is 105 Å². The first-order valence-electron chi connectivity index (χ1n) is 5.88. The smallest absolute Gasteiger partial charge is 0.170 e.